The van der Waals surface area contributed by atoms with E-state index in [2.05, 4.69) is 14.4 Å². The minimum absolute atomic E-state index is 0.236. The van der Waals surface area contributed by atoms with Crippen LogP contribution < -0.4 is 15.2 Å². The molecule has 1 aromatic rings. The fraction of sp³-hybridized carbons (Fsp3) is 0.286. The summed E-state index contributed by atoms with van der Waals surface area (Å²) in [4.78, 5) is 3.79. The molecule has 0 saturated heterocycles. The summed E-state index contributed by atoms with van der Waals surface area (Å²) in [7, 11) is -3.50. The summed E-state index contributed by atoms with van der Waals surface area (Å²) < 4.78 is 26.9. The summed E-state index contributed by atoms with van der Waals surface area (Å²) in [6, 6.07) is 3.06. The molecule has 0 fully saturated rings. The van der Waals surface area contributed by atoms with E-state index in [-0.39, 0.29) is 5.82 Å². The van der Waals surface area contributed by atoms with Gasteiger partial charge in [-0.1, -0.05) is 6.92 Å². The van der Waals surface area contributed by atoms with Gasteiger partial charge in [0.15, 0.2) is 0 Å². The predicted molar refractivity (Wildman–Crippen MR) is 54.9 cm³/mol. The van der Waals surface area contributed by atoms with Gasteiger partial charge >= 0.3 is 0 Å². The van der Waals surface area contributed by atoms with Crippen LogP contribution in [0.2, 0.25) is 0 Å². The number of rotatable bonds is 4. The zero-order valence-corrected chi connectivity index (χ0v) is 8.50. The summed E-state index contributed by atoms with van der Waals surface area (Å²) >= 11 is 0. The van der Waals surface area contributed by atoms with Crippen LogP contribution in [0.5, 0.6) is 0 Å². The maximum absolute atomic E-state index is 11.2. The first-order valence-corrected chi connectivity index (χ1v) is 5.51. The van der Waals surface area contributed by atoms with Gasteiger partial charge in [-0.15, -0.1) is 0 Å². The van der Waals surface area contributed by atoms with E-state index in [0.717, 1.165) is 0 Å². The molecule has 0 radical (unpaired) electrons. The van der Waals surface area contributed by atoms with Crippen molar-refractivity contribution in [2.24, 2.45) is 0 Å². The second kappa shape index (κ2) is 4.25. The van der Waals surface area contributed by atoms with Crippen molar-refractivity contribution in [2.75, 3.05) is 17.0 Å². The van der Waals surface area contributed by atoms with Crippen LogP contribution in [0.3, 0.4) is 0 Å². The number of nitrogens with one attached hydrogen (secondary N) is 2. The van der Waals surface area contributed by atoms with E-state index in [1.165, 1.54) is 12.3 Å². The van der Waals surface area contributed by atoms with Gasteiger partial charge in [0.1, 0.15) is 5.82 Å². The highest BCUT2D eigenvalue weighted by molar-refractivity contribution is 7.90. The lowest BCUT2D eigenvalue weighted by Crippen LogP contribution is -2.30. The molecule has 7 heteroatoms. The molecule has 0 amide bonds. The normalized spacial score (nSPS) is 11.2. The molecular weight excluding hydrogens is 204 g/mol. The van der Waals surface area contributed by atoms with Crippen LogP contribution in [0.1, 0.15) is 6.92 Å². The number of nitrogens with zero attached hydrogens (tertiary/aromatic N) is 1. The maximum Gasteiger partial charge on any atom is 0.300 e. The Hall–Kier alpha value is -1.34. The molecule has 0 aliphatic rings. The lowest BCUT2D eigenvalue weighted by molar-refractivity contribution is 0.589. The second-order valence-electron chi connectivity index (χ2n) is 2.58. The van der Waals surface area contributed by atoms with Crippen molar-refractivity contribution < 1.29 is 8.42 Å². The molecule has 78 valence electrons. The molecule has 1 rings (SSSR count). The number of hydrogen-bond acceptors (Lipinski definition) is 4. The first kappa shape index (κ1) is 10.7. The van der Waals surface area contributed by atoms with E-state index in [4.69, 9.17) is 5.73 Å². The van der Waals surface area contributed by atoms with E-state index < -0.39 is 10.2 Å². The van der Waals surface area contributed by atoms with Crippen molar-refractivity contribution >= 4 is 21.7 Å². The van der Waals surface area contributed by atoms with Gasteiger partial charge in [-0.25, -0.2) is 4.98 Å². The van der Waals surface area contributed by atoms with Gasteiger partial charge < -0.3 is 5.73 Å². The quantitative estimate of drug-likeness (QED) is 0.656. The average molecular weight is 216 g/mol. The highest BCUT2D eigenvalue weighted by Crippen LogP contribution is 2.06. The van der Waals surface area contributed by atoms with Gasteiger partial charge in [-0.2, -0.15) is 13.1 Å². The van der Waals surface area contributed by atoms with Crippen molar-refractivity contribution in [3.63, 3.8) is 0 Å². The lowest BCUT2D eigenvalue weighted by Gasteiger charge is -2.06. The molecule has 0 aromatic carbocycles. The van der Waals surface area contributed by atoms with E-state index in [1.807, 2.05) is 0 Å². The Morgan fingerprint density at radius 3 is 2.71 bits per heavy atom. The molecule has 0 aliphatic heterocycles. The third-order valence-electron chi connectivity index (χ3n) is 1.36. The number of hydrogen-bond donors (Lipinski definition) is 3. The molecular formula is C7H12N4O2S. The minimum Gasteiger partial charge on any atom is -0.397 e. The van der Waals surface area contributed by atoms with E-state index in [1.54, 1.807) is 13.0 Å². The number of aromatic nitrogens is 1. The Morgan fingerprint density at radius 2 is 2.21 bits per heavy atom. The Balaban J connectivity index is 2.74. The summed E-state index contributed by atoms with van der Waals surface area (Å²) in [5.74, 6) is 0.236. The monoisotopic (exact) mass is 216 g/mol. The molecule has 4 N–H and O–H groups in total. The summed E-state index contributed by atoms with van der Waals surface area (Å²) in [6.45, 7) is 2.01. The topological polar surface area (TPSA) is 97.1 Å². The van der Waals surface area contributed by atoms with E-state index in [0.29, 0.717) is 12.2 Å². The Bertz CT molecular complexity index is 387. The van der Waals surface area contributed by atoms with Crippen LogP contribution in [0.15, 0.2) is 18.3 Å². The van der Waals surface area contributed by atoms with Crippen LogP contribution in [0.4, 0.5) is 11.5 Å². The molecule has 0 aliphatic carbocycles. The van der Waals surface area contributed by atoms with Crippen molar-refractivity contribution in [1.82, 2.24) is 9.71 Å². The third-order valence-corrected chi connectivity index (χ3v) is 2.51. The Kier molecular flexibility index (Phi) is 3.26. The number of pyridine rings is 1. The minimum atomic E-state index is -3.50. The fourth-order valence-corrected chi connectivity index (χ4v) is 1.68. The first-order valence-electron chi connectivity index (χ1n) is 4.02. The van der Waals surface area contributed by atoms with Crippen LogP contribution in [-0.4, -0.2) is 19.9 Å². The smallest absolute Gasteiger partial charge is 0.300 e. The summed E-state index contributed by atoms with van der Waals surface area (Å²) in [6.07, 6.45) is 1.38. The van der Waals surface area contributed by atoms with E-state index >= 15 is 0 Å². The van der Waals surface area contributed by atoms with Crippen molar-refractivity contribution in [1.29, 1.82) is 0 Å². The van der Waals surface area contributed by atoms with Crippen LogP contribution in [-0.2, 0) is 10.2 Å². The summed E-state index contributed by atoms with van der Waals surface area (Å²) in [5, 5.41) is 0. The van der Waals surface area contributed by atoms with Gasteiger partial charge in [0.05, 0.1) is 11.9 Å². The first-order chi connectivity index (χ1) is 6.53. The number of nitrogen functional groups attached to an aromatic ring is 1. The predicted octanol–water partition coefficient (Wildman–Crippen LogP) is -0.0700. The van der Waals surface area contributed by atoms with Crippen LogP contribution in [0, 0.1) is 0 Å². The molecule has 0 atom stereocenters. The fourth-order valence-electron chi connectivity index (χ4n) is 0.829. The summed E-state index contributed by atoms with van der Waals surface area (Å²) in [5.41, 5.74) is 5.88. The zero-order valence-electron chi connectivity index (χ0n) is 7.69. The second-order valence-corrected chi connectivity index (χ2v) is 4.08. The van der Waals surface area contributed by atoms with Crippen molar-refractivity contribution in [3.8, 4) is 0 Å². The van der Waals surface area contributed by atoms with Gasteiger partial charge in [0.25, 0.3) is 10.2 Å². The van der Waals surface area contributed by atoms with Crippen molar-refractivity contribution in [3.05, 3.63) is 18.3 Å². The maximum atomic E-state index is 11.2. The third kappa shape index (κ3) is 3.19. The Labute approximate surface area is 82.7 Å². The van der Waals surface area contributed by atoms with Crippen molar-refractivity contribution in [2.45, 2.75) is 6.92 Å². The SMILES string of the molecule is CCNS(=O)(=O)Nc1ccc(N)cn1. The number of nitrogens with two attached hydrogens (primary N) is 1. The average Bonchev–Trinajstić information content (AvgIpc) is 2.08. The highest BCUT2D eigenvalue weighted by atomic mass is 32.2. The van der Waals surface area contributed by atoms with E-state index in [9.17, 15) is 8.42 Å². The molecule has 1 heterocycles. The molecule has 0 saturated carbocycles. The zero-order chi connectivity index (χ0) is 10.6. The molecule has 0 spiro atoms. The van der Waals surface area contributed by atoms with Crippen LogP contribution >= 0.6 is 0 Å². The Morgan fingerprint density at radius 1 is 1.50 bits per heavy atom. The van der Waals surface area contributed by atoms with Crippen LogP contribution in [0.25, 0.3) is 0 Å². The highest BCUT2D eigenvalue weighted by Gasteiger charge is 2.07. The molecule has 1 aromatic heterocycles. The lowest BCUT2D eigenvalue weighted by atomic mass is 10.4. The van der Waals surface area contributed by atoms with Gasteiger partial charge in [-0.3, -0.25) is 4.72 Å². The molecule has 14 heavy (non-hydrogen) atoms. The van der Waals surface area contributed by atoms with Gasteiger partial charge in [0.2, 0.25) is 0 Å². The molecule has 6 nitrogen and oxygen atoms in total. The standard InChI is InChI=1S/C7H12N4O2S/c1-2-10-14(12,13)11-7-4-3-6(8)5-9-7/h3-5,10H,2,8H2,1H3,(H,9,11). The van der Waals surface area contributed by atoms with Gasteiger partial charge in [0, 0.05) is 6.54 Å². The number of anilines is 2. The molecule has 0 unspecified atom stereocenters. The molecule has 0 bridgehead atoms. The largest absolute Gasteiger partial charge is 0.397 e. The van der Waals surface area contributed by atoms with Gasteiger partial charge in [-0.05, 0) is 12.1 Å².